The summed E-state index contributed by atoms with van der Waals surface area (Å²) in [5.41, 5.74) is 0.333. The van der Waals surface area contributed by atoms with Crippen molar-refractivity contribution >= 4 is 27.5 Å². The second kappa shape index (κ2) is 8.10. The van der Waals surface area contributed by atoms with Gasteiger partial charge in [0, 0.05) is 24.7 Å². The largest absolute Gasteiger partial charge is 0.349 e. The lowest BCUT2D eigenvalue weighted by Gasteiger charge is -2.28. The molecule has 1 aromatic rings. The second-order valence-corrected chi connectivity index (χ2v) is 10.1. The molecule has 4 atom stereocenters. The maximum Gasteiger partial charge on any atom is 0.251 e. The Hall–Kier alpha value is -1.11. The van der Waals surface area contributed by atoms with Gasteiger partial charge in [-0.1, -0.05) is 31.9 Å². The number of nitrogens with zero attached hydrogens (tertiary/aromatic N) is 1. The van der Waals surface area contributed by atoms with Gasteiger partial charge in [-0.3, -0.25) is 4.79 Å². The summed E-state index contributed by atoms with van der Waals surface area (Å²) in [6.45, 7) is 6.33. The van der Waals surface area contributed by atoms with Crippen LogP contribution in [-0.2, 0) is 10.0 Å². The Balaban J connectivity index is 1.78. The lowest BCUT2D eigenvalue weighted by atomic mass is 9.84. The van der Waals surface area contributed by atoms with Gasteiger partial charge in [-0.05, 0) is 62.1 Å². The number of halogens is 1. The fourth-order valence-electron chi connectivity index (χ4n) is 4.85. The molecule has 0 radical (unpaired) electrons. The van der Waals surface area contributed by atoms with Crippen molar-refractivity contribution in [3.05, 3.63) is 28.8 Å². The monoisotopic (exact) mass is 412 g/mol. The number of carbonyl (C=O) groups excluding carboxylic acids is 1. The second-order valence-electron chi connectivity index (χ2n) is 7.84. The molecule has 7 heteroatoms. The molecule has 0 spiro atoms. The van der Waals surface area contributed by atoms with E-state index in [9.17, 15) is 13.2 Å². The van der Waals surface area contributed by atoms with Crippen LogP contribution in [0.25, 0.3) is 0 Å². The molecule has 1 amide bonds. The smallest absolute Gasteiger partial charge is 0.251 e. The predicted octanol–water partition coefficient (Wildman–Crippen LogP) is 3.93. The van der Waals surface area contributed by atoms with Crippen LogP contribution in [0.4, 0.5) is 0 Å². The SMILES string of the molecule is CCN(CC)S(=O)(=O)c1cc(C(=O)N[C@@H](C)[C@H]2C[C@H]3CC[C@H]2C3)ccc1Cl. The van der Waals surface area contributed by atoms with E-state index in [1.165, 1.54) is 42.1 Å². The van der Waals surface area contributed by atoms with Gasteiger partial charge in [0.15, 0.2) is 0 Å². The van der Waals surface area contributed by atoms with Gasteiger partial charge in [0.1, 0.15) is 4.90 Å². The first-order valence-electron chi connectivity index (χ1n) is 9.88. The van der Waals surface area contributed by atoms with Crippen molar-refractivity contribution in [2.24, 2.45) is 17.8 Å². The van der Waals surface area contributed by atoms with Gasteiger partial charge in [0.25, 0.3) is 5.91 Å². The van der Waals surface area contributed by atoms with E-state index in [4.69, 9.17) is 11.6 Å². The Morgan fingerprint density at radius 3 is 2.52 bits per heavy atom. The summed E-state index contributed by atoms with van der Waals surface area (Å²) in [5.74, 6) is 1.83. The van der Waals surface area contributed by atoms with E-state index in [0.717, 1.165) is 5.92 Å². The van der Waals surface area contributed by atoms with Crippen LogP contribution in [-0.4, -0.2) is 37.8 Å². The molecular weight excluding hydrogens is 384 g/mol. The summed E-state index contributed by atoms with van der Waals surface area (Å²) < 4.78 is 27.0. The molecule has 0 aliphatic heterocycles. The van der Waals surface area contributed by atoms with Crippen molar-refractivity contribution in [3.8, 4) is 0 Å². The minimum absolute atomic E-state index is 0.00640. The topological polar surface area (TPSA) is 66.5 Å². The predicted molar refractivity (Wildman–Crippen MR) is 107 cm³/mol. The Kier molecular flexibility index (Phi) is 6.18. The highest BCUT2D eigenvalue weighted by Gasteiger charge is 2.42. The zero-order valence-corrected chi connectivity index (χ0v) is 17.8. The number of hydrogen-bond acceptors (Lipinski definition) is 3. The fourth-order valence-corrected chi connectivity index (χ4v) is 6.81. The van der Waals surface area contributed by atoms with E-state index in [1.807, 2.05) is 0 Å². The Morgan fingerprint density at radius 1 is 1.26 bits per heavy atom. The summed E-state index contributed by atoms with van der Waals surface area (Å²) in [4.78, 5) is 12.7. The third-order valence-corrected chi connectivity index (χ3v) is 8.84. The molecule has 2 aliphatic rings. The molecule has 27 heavy (non-hydrogen) atoms. The van der Waals surface area contributed by atoms with E-state index in [0.29, 0.717) is 30.5 Å². The molecule has 1 aromatic carbocycles. The molecule has 0 aromatic heterocycles. The fraction of sp³-hybridized carbons (Fsp3) is 0.650. The zero-order chi connectivity index (χ0) is 19.8. The van der Waals surface area contributed by atoms with E-state index in [1.54, 1.807) is 19.9 Å². The summed E-state index contributed by atoms with van der Waals surface area (Å²) in [6.07, 6.45) is 5.07. The molecule has 2 bridgehead atoms. The maximum absolute atomic E-state index is 12.8. The van der Waals surface area contributed by atoms with Gasteiger partial charge in [0.05, 0.1) is 5.02 Å². The van der Waals surface area contributed by atoms with Crippen LogP contribution in [0.5, 0.6) is 0 Å². The molecule has 1 N–H and O–H groups in total. The Bertz CT molecular complexity index is 807. The molecule has 3 rings (SSSR count). The minimum atomic E-state index is -3.72. The van der Waals surface area contributed by atoms with Crippen molar-refractivity contribution in [2.75, 3.05) is 13.1 Å². The van der Waals surface area contributed by atoms with Gasteiger partial charge in [-0.15, -0.1) is 0 Å². The van der Waals surface area contributed by atoms with Crippen LogP contribution in [0.15, 0.2) is 23.1 Å². The van der Waals surface area contributed by atoms with Crippen molar-refractivity contribution in [1.29, 1.82) is 0 Å². The molecule has 2 aliphatic carbocycles. The van der Waals surface area contributed by atoms with Gasteiger partial charge >= 0.3 is 0 Å². The van der Waals surface area contributed by atoms with Gasteiger partial charge in [-0.25, -0.2) is 8.42 Å². The molecule has 2 saturated carbocycles. The van der Waals surface area contributed by atoms with Crippen molar-refractivity contribution < 1.29 is 13.2 Å². The summed E-state index contributed by atoms with van der Waals surface area (Å²) >= 11 is 6.16. The average molecular weight is 413 g/mol. The molecule has 0 saturated heterocycles. The van der Waals surface area contributed by atoms with E-state index < -0.39 is 10.0 Å². The first-order valence-corrected chi connectivity index (χ1v) is 11.7. The summed E-state index contributed by atoms with van der Waals surface area (Å²) in [5, 5.41) is 3.23. The maximum atomic E-state index is 12.8. The van der Waals surface area contributed by atoms with Crippen LogP contribution in [0.2, 0.25) is 5.02 Å². The molecule has 5 nitrogen and oxygen atoms in total. The average Bonchev–Trinajstić information content (AvgIpc) is 3.26. The molecule has 0 unspecified atom stereocenters. The normalized spacial score (nSPS) is 25.7. The summed E-state index contributed by atoms with van der Waals surface area (Å²) in [6, 6.07) is 4.58. The van der Waals surface area contributed by atoms with Crippen LogP contribution in [0, 0.1) is 17.8 Å². The Morgan fingerprint density at radius 2 is 1.96 bits per heavy atom. The zero-order valence-electron chi connectivity index (χ0n) is 16.2. The van der Waals surface area contributed by atoms with E-state index in [2.05, 4.69) is 12.2 Å². The van der Waals surface area contributed by atoms with Crippen LogP contribution in [0.3, 0.4) is 0 Å². The van der Waals surface area contributed by atoms with Gasteiger partial charge < -0.3 is 5.32 Å². The third-order valence-electron chi connectivity index (χ3n) is 6.31. The number of carbonyl (C=O) groups is 1. The van der Waals surface area contributed by atoms with Crippen LogP contribution in [0.1, 0.15) is 56.8 Å². The highest BCUT2D eigenvalue weighted by Crippen LogP contribution is 2.49. The molecular formula is C20H29ClN2O3S. The molecule has 0 heterocycles. The van der Waals surface area contributed by atoms with Crippen molar-refractivity contribution in [1.82, 2.24) is 9.62 Å². The Labute approximate surface area is 167 Å². The number of amides is 1. The number of benzene rings is 1. The molecule has 2 fully saturated rings. The lowest BCUT2D eigenvalue weighted by molar-refractivity contribution is 0.0915. The standard InChI is InChI=1S/C20H29ClN2O3S/c1-4-23(5-2)27(25,26)19-12-16(8-9-18(19)21)20(24)22-13(3)17-11-14-6-7-15(17)10-14/h8-9,12-15,17H,4-7,10-11H2,1-3H3,(H,22,24)/t13-,14-,15-,17+/m0/s1. The highest BCUT2D eigenvalue weighted by atomic mass is 35.5. The van der Waals surface area contributed by atoms with Crippen LogP contribution >= 0.6 is 11.6 Å². The quantitative estimate of drug-likeness (QED) is 0.737. The number of hydrogen-bond donors (Lipinski definition) is 1. The van der Waals surface area contributed by atoms with Gasteiger partial charge in [-0.2, -0.15) is 4.31 Å². The molecule has 150 valence electrons. The third kappa shape index (κ3) is 4.03. The van der Waals surface area contributed by atoms with E-state index in [-0.39, 0.29) is 21.9 Å². The number of rotatable bonds is 7. The highest BCUT2D eigenvalue weighted by molar-refractivity contribution is 7.89. The first kappa shape index (κ1) is 20.6. The lowest BCUT2D eigenvalue weighted by Crippen LogP contribution is -2.40. The minimum Gasteiger partial charge on any atom is -0.349 e. The van der Waals surface area contributed by atoms with Gasteiger partial charge in [0.2, 0.25) is 10.0 Å². The first-order chi connectivity index (χ1) is 12.8. The summed E-state index contributed by atoms with van der Waals surface area (Å²) in [7, 11) is -3.72. The number of nitrogens with one attached hydrogen (secondary N) is 1. The van der Waals surface area contributed by atoms with Crippen molar-refractivity contribution in [3.63, 3.8) is 0 Å². The van der Waals surface area contributed by atoms with E-state index >= 15 is 0 Å². The van der Waals surface area contributed by atoms with Crippen LogP contribution < -0.4 is 5.32 Å². The van der Waals surface area contributed by atoms with Crippen molar-refractivity contribution in [2.45, 2.75) is 57.4 Å². The number of fused-ring (bicyclic) bond motifs is 2. The number of sulfonamides is 1.